The van der Waals surface area contributed by atoms with Crippen LogP contribution < -0.4 is 5.32 Å². The van der Waals surface area contributed by atoms with Crippen LogP contribution in [0.3, 0.4) is 0 Å². The highest BCUT2D eigenvalue weighted by atomic mass is 32.2. The van der Waals surface area contributed by atoms with E-state index in [4.69, 9.17) is 5.11 Å². The van der Waals surface area contributed by atoms with Crippen LogP contribution in [-0.2, 0) is 26.0 Å². The summed E-state index contributed by atoms with van der Waals surface area (Å²) in [7, 11) is -3.45. The molecule has 144 valence electrons. The molecule has 0 atom stereocenters. The van der Waals surface area contributed by atoms with Gasteiger partial charge in [0.05, 0.1) is 11.3 Å². The van der Waals surface area contributed by atoms with Crippen LogP contribution in [-0.4, -0.2) is 49.3 Å². The van der Waals surface area contributed by atoms with Gasteiger partial charge in [0.2, 0.25) is 15.9 Å². The Bertz CT molecular complexity index is 710. The first kappa shape index (κ1) is 20.4. The minimum absolute atomic E-state index is 0.100. The lowest BCUT2D eigenvalue weighted by Gasteiger charge is -2.25. The van der Waals surface area contributed by atoms with Gasteiger partial charge < -0.3 is 10.4 Å². The van der Waals surface area contributed by atoms with Gasteiger partial charge in [-0.3, -0.25) is 9.59 Å². The summed E-state index contributed by atoms with van der Waals surface area (Å²) in [5, 5.41) is 11.3. The van der Waals surface area contributed by atoms with Crippen molar-refractivity contribution in [3.63, 3.8) is 0 Å². The number of carboxylic acids is 1. The summed E-state index contributed by atoms with van der Waals surface area (Å²) in [6.45, 7) is 1.57. The Morgan fingerprint density at radius 1 is 1.04 bits per heavy atom. The van der Waals surface area contributed by atoms with Crippen molar-refractivity contribution < 1.29 is 23.1 Å². The van der Waals surface area contributed by atoms with Gasteiger partial charge in [0, 0.05) is 26.1 Å². The van der Waals surface area contributed by atoms with Gasteiger partial charge in [-0.15, -0.1) is 0 Å². The Balaban J connectivity index is 1.83. The predicted molar refractivity (Wildman–Crippen MR) is 97.3 cm³/mol. The number of piperidine rings is 1. The van der Waals surface area contributed by atoms with Crippen molar-refractivity contribution in [2.24, 2.45) is 0 Å². The van der Waals surface area contributed by atoms with E-state index in [1.807, 2.05) is 0 Å². The molecular formula is C18H26N2O5S. The second-order valence-corrected chi connectivity index (χ2v) is 8.42. The zero-order chi connectivity index (χ0) is 19.0. The molecule has 0 spiro atoms. The second kappa shape index (κ2) is 9.68. The highest BCUT2D eigenvalue weighted by molar-refractivity contribution is 7.89. The number of carbonyl (C=O) groups is 2. The summed E-state index contributed by atoms with van der Waals surface area (Å²) >= 11 is 0. The molecular weight excluding hydrogens is 356 g/mol. The van der Waals surface area contributed by atoms with E-state index in [0.29, 0.717) is 32.5 Å². The molecule has 1 fully saturated rings. The fraction of sp³-hybridized carbons (Fsp3) is 0.556. The minimum Gasteiger partial charge on any atom is -0.481 e. The van der Waals surface area contributed by atoms with Gasteiger partial charge in [-0.05, 0) is 43.4 Å². The maximum atomic E-state index is 12.6. The smallest absolute Gasteiger partial charge is 0.303 e. The van der Waals surface area contributed by atoms with Crippen LogP contribution in [0.2, 0.25) is 0 Å². The molecule has 0 saturated carbocycles. The van der Waals surface area contributed by atoms with Crippen LogP contribution in [0.1, 0.15) is 44.1 Å². The van der Waals surface area contributed by atoms with Crippen LogP contribution in [0, 0.1) is 0 Å². The molecule has 0 unspecified atom stereocenters. The van der Waals surface area contributed by atoms with Crippen molar-refractivity contribution in [2.75, 3.05) is 19.6 Å². The number of hydrogen-bond acceptors (Lipinski definition) is 4. The normalized spacial score (nSPS) is 15.5. The second-order valence-electron chi connectivity index (χ2n) is 6.49. The summed E-state index contributed by atoms with van der Waals surface area (Å²) in [6.07, 6.45) is 4.26. The molecule has 1 heterocycles. The molecule has 1 aromatic rings. The van der Waals surface area contributed by atoms with Crippen molar-refractivity contribution in [1.82, 2.24) is 9.62 Å². The molecule has 8 heteroatoms. The van der Waals surface area contributed by atoms with E-state index in [9.17, 15) is 18.0 Å². The van der Waals surface area contributed by atoms with Gasteiger partial charge >= 0.3 is 5.97 Å². The van der Waals surface area contributed by atoms with E-state index in [1.54, 1.807) is 24.3 Å². The number of rotatable bonds is 9. The third-order valence-corrected chi connectivity index (χ3v) is 6.29. The quantitative estimate of drug-likeness (QED) is 0.634. The van der Waals surface area contributed by atoms with Crippen LogP contribution >= 0.6 is 0 Å². The Labute approximate surface area is 154 Å². The van der Waals surface area contributed by atoms with E-state index in [1.165, 1.54) is 4.31 Å². The van der Waals surface area contributed by atoms with Crippen molar-refractivity contribution in [1.29, 1.82) is 0 Å². The maximum Gasteiger partial charge on any atom is 0.303 e. The third-order valence-electron chi connectivity index (χ3n) is 4.38. The first-order chi connectivity index (χ1) is 12.4. The maximum absolute atomic E-state index is 12.6. The zero-order valence-corrected chi connectivity index (χ0v) is 15.6. The lowest BCUT2D eigenvalue weighted by atomic mass is 10.1. The molecule has 7 nitrogen and oxygen atoms in total. The van der Waals surface area contributed by atoms with E-state index in [-0.39, 0.29) is 23.6 Å². The standard InChI is InChI=1S/C18H26N2O5S/c21-17(19-11-3-2-6-18(22)23)14-15-7-9-16(10-8-15)26(24,25)20-12-4-1-5-13-20/h7-10H,1-6,11-14H2,(H,19,21)(H,22,23). The first-order valence-corrected chi connectivity index (χ1v) is 10.4. The van der Waals surface area contributed by atoms with E-state index >= 15 is 0 Å². The number of nitrogens with zero attached hydrogens (tertiary/aromatic N) is 1. The average Bonchev–Trinajstić information content (AvgIpc) is 2.62. The zero-order valence-electron chi connectivity index (χ0n) is 14.8. The van der Waals surface area contributed by atoms with Gasteiger partial charge in [0.1, 0.15) is 0 Å². The Morgan fingerprint density at radius 2 is 1.69 bits per heavy atom. The third kappa shape index (κ3) is 6.10. The molecule has 1 aliphatic rings. The van der Waals surface area contributed by atoms with Gasteiger partial charge in [-0.25, -0.2) is 8.42 Å². The van der Waals surface area contributed by atoms with Crippen molar-refractivity contribution in [3.05, 3.63) is 29.8 Å². The summed E-state index contributed by atoms with van der Waals surface area (Å²) in [5.74, 6) is -0.997. The van der Waals surface area contributed by atoms with Gasteiger partial charge in [-0.2, -0.15) is 4.31 Å². The number of amides is 1. The molecule has 1 amide bonds. The SMILES string of the molecule is O=C(O)CCCCNC(=O)Cc1ccc(S(=O)(=O)N2CCCCC2)cc1. The minimum atomic E-state index is -3.45. The lowest BCUT2D eigenvalue weighted by Crippen LogP contribution is -2.35. The van der Waals surface area contributed by atoms with Crippen molar-refractivity contribution in [2.45, 2.75) is 49.8 Å². The van der Waals surface area contributed by atoms with E-state index in [0.717, 1.165) is 24.8 Å². The van der Waals surface area contributed by atoms with Gasteiger partial charge in [-0.1, -0.05) is 18.6 Å². The van der Waals surface area contributed by atoms with Crippen LogP contribution in [0.25, 0.3) is 0 Å². The molecule has 0 aliphatic carbocycles. The first-order valence-electron chi connectivity index (χ1n) is 8.97. The summed E-state index contributed by atoms with van der Waals surface area (Å²) in [5.41, 5.74) is 0.741. The van der Waals surface area contributed by atoms with Crippen molar-refractivity contribution in [3.8, 4) is 0 Å². The number of nitrogens with one attached hydrogen (secondary N) is 1. The van der Waals surface area contributed by atoms with Crippen molar-refractivity contribution >= 4 is 21.9 Å². The van der Waals surface area contributed by atoms with E-state index < -0.39 is 16.0 Å². The highest BCUT2D eigenvalue weighted by Crippen LogP contribution is 2.20. The number of aliphatic carboxylic acids is 1. The average molecular weight is 382 g/mol. The molecule has 26 heavy (non-hydrogen) atoms. The molecule has 2 N–H and O–H groups in total. The topological polar surface area (TPSA) is 104 Å². The Morgan fingerprint density at radius 3 is 2.31 bits per heavy atom. The number of carbonyl (C=O) groups excluding carboxylic acids is 1. The van der Waals surface area contributed by atoms with Crippen LogP contribution in [0.4, 0.5) is 0 Å². The fourth-order valence-electron chi connectivity index (χ4n) is 2.91. The monoisotopic (exact) mass is 382 g/mol. The van der Waals surface area contributed by atoms with E-state index in [2.05, 4.69) is 5.32 Å². The van der Waals surface area contributed by atoms with Gasteiger partial charge in [0.15, 0.2) is 0 Å². The number of carboxylic acid groups (broad SMARTS) is 1. The highest BCUT2D eigenvalue weighted by Gasteiger charge is 2.25. The fourth-order valence-corrected chi connectivity index (χ4v) is 4.43. The molecule has 2 rings (SSSR count). The number of sulfonamides is 1. The summed E-state index contributed by atoms with van der Waals surface area (Å²) < 4.78 is 26.7. The summed E-state index contributed by atoms with van der Waals surface area (Å²) in [6, 6.07) is 6.44. The largest absolute Gasteiger partial charge is 0.481 e. The molecule has 0 aromatic heterocycles. The molecule has 0 radical (unpaired) electrons. The van der Waals surface area contributed by atoms with Gasteiger partial charge in [0.25, 0.3) is 0 Å². The Hall–Kier alpha value is -1.93. The van der Waals surface area contributed by atoms with Crippen LogP contribution in [0.5, 0.6) is 0 Å². The molecule has 1 saturated heterocycles. The van der Waals surface area contributed by atoms with Crippen LogP contribution in [0.15, 0.2) is 29.2 Å². The molecule has 1 aliphatic heterocycles. The number of hydrogen-bond donors (Lipinski definition) is 2. The lowest BCUT2D eigenvalue weighted by molar-refractivity contribution is -0.137. The number of benzene rings is 1. The number of unbranched alkanes of at least 4 members (excludes halogenated alkanes) is 1. The summed E-state index contributed by atoms with van der Waals surface area (Å²) in [4.78, 5) is 22.5. The predicted octanol–water partition coefficient (Wildman–Crippen LogP) is 1.77. The molecule has 0 bridgehead atoms. The Kier molecular flexibility index (Phi) is 7.59. The molecule has 1 aromatic carbocycles.